The zero-order chi connectivity index (χ0) is 9.30. The quantitative estimate of drug-likeness (QED) is 0.754. The molecule has 2 unspecified atom stereocenters. The second kappa shape index (κ2) is 3.52. The third-order valence-corrected chi connectivity index (χ3v) is 3.38. The minimum absolute atomic E-state index is 0.225. The molecule has 0 aromatic carbocycles. The lowest BCUT2D eigenvalue weighted by Gasteiger charge is -2.23. The predicted octanol–water partition coefficient (Wildman–Crippen LogP) is 2.97. The van der Waals surface area contributed by atoms with Gasteiger partial charge < -0.3 is 9.84 Å². The average Bonchev–Trinajstić information content (AvgIpc) is 2.08. The van der Waals surface area contributed by atoms with E-state index in [0.717, 1.165) is 4.48 Å². The van der Waals surface area contributed by atoms with Crippen molar-refractivity contribution in [1.29, 1.82) is 0 Å². The summed E-state index contributed by atoms with van der Waals surface area (Å²) in [5, 5.41) is 9.57. The molecule has 1 rings (SSSR count). The van der Waals surface area contributed by atoms with E-state index in [9.17, 15) is 5.11 Å². The van der Waals surface area contributed by atoms with Crippen molar-refractivity contribution in [2.75, 3.05) is 7.11 Å². The zero-order valence-electron chi connectivity index (χ0n) is 7.47. The molecule has 1 aliphatic rings. The number of rotatable bonds is 1. The van der Waals surface area contributed by atoms with Gasteiger partial charge in [0.05, 0.1) is 7.11 Å². The van der Waals surface area contributed by atoms with Crippen LogP contribution in [0.25, 0.3) is 0 Å². The lowest BCUT2D eigenvalue weighted by molar-refractivity contribution is 0.241. The number of hydrogen-bond acceptors (Lipinski definition) is 2. The lowest BCUT2D eigenvalue weighted by atomic mass is 9.90. The average molecular weight is 233 g/mol. The minimum Gasteiger partial charge on any atom is -0.504 e. The topological polar surface area (TPSA) is 29.5 Å². The number of aliphatic hydroxyl groups is 1. The van der Waals surface area contributed by atoms with E-state index in [1.807, 2.05) is 6.08 Å². The molecular weight excluding hydrogens is 220 g/mol. The molecule has 2 nitrogen and oxygen atoms in total. The van der Waals surface area contributed by atoms with Crippen molar-refractivity contribution in [3.8, 4) is 0 Å². The van der Waals surface area contributed by atoms with E-state index in [1.165, 1.54) is 0 Å². The highest BCUT2D eigenvalue weighted by Crippen LogP contribution is 2.35. The van der Waals surface area contributed by atoms with Crippen molar-refractivity contribution < 1.29 is 9.84 Å². The molecule has 0 saturated heterocycles. The van der Waals surface area contributed by atoms with Gasteiger partial charge in [0, 0.05) is 4.48 Å². The first-order valence-electron chi connectivity index (χ1n) is 3.92. The molecule has 0 spiro atoms. The van der Waals surface area contributed by atoms with Crippen LogP contribution < -0.4 is 0 Å². The van der Waals surface area contributed by atoms with Crippen LogP contribution in [0.5, 0.6) is 0 Å². The summed E-state index contributed by atoms with van der Waals surface area (Å²) in [6, 6.07) is 0. The molecule has 0 fully saturated rings. The first kappa shape index (κ1) is 9.65. The smallest absolute Gasteiger partial charge is 0.167 e. The Labute approximate surface area is 81.0 Å². The lowest BCUT2D eigenvalue weighted by Crippen LogP contribution is -2.14. The van der Waals surface area contributed by atoms with E-state index >= 15 is 0 Å². The Morgan fingerprint density at radius 1 is 1.50 bits per heavy atom. The molecular formula is C9H13BrO2. The fourth-order valence-corrected chi connectivity index (χ4v) is 1.80. The third-order valence-electron chi connectivity index (χ3n) is 2.28. The SMILES string of the molecule is COC1=CC(C)C(C)C(Br)=C1O. The fraction of sp³-hybridized carbons (Fsp3) is 0.556. The van der Waals surface area contributed by atoms with Crippen molar-refractivity contribution in [2.45, 2.75) is 13.8 Å². The highest BCUT2D eigenvalue weighted by molar-refractivity contribution is 9.11. The van der Waals surface area contributed by atoms with Gasteiger partial charge in [-0.3, -0.25) is 0 Å². The van der Waals surface area contributed by atoms with Gasteiger partial charge in [-0.15, -0.1) is 0 Å². The van der Waals surface area contributed by atoms with Gasteiger partial charge in [-0.05, 0) is 17.9 Å². The van der Waals surface area contributed by atoms with Crippen LogP contribution in [-0.2, 0) is 4.74 Å². The van der Waals surface area contributed by atoms with Gasteiger partial charge in [0.25, 0.3) is 0 Å². The first-order valence-corrected chi connectivity index (χ1v) is 4.72. The Kier molecular flexibility index (Phi) is 2.83. The van der Waals surface area contributed by atoms with Gasteiger partial charge in [-0.1, -0.05) is 29.8 Å². The summed E-state index contributed by atoms with van der Waals surface area (Å²) in [4.78, 5) is 0. The summed E-state index contributed by atoms with van der Waals surface area (Å²) in [7, 11) is 1.56. The highest BCUT2D eigenvalue weighted by atomic mass is 79.9. The van der Waals surface area contributed by atoms with Crippen LogP contribution in [0.15, 0.2) is 22.1 Å². The molecule has 0 bridgehead atoms. The van der Waals surface area contributed by atoms with Gasteiger partial charge in [-0.2, -0.15) is 0 Å². The summed E-state index contributed by atoms with van der Waals surface area (Å²) < 4.78 is 5.84. The van der Waals surface area contributed by atoms with E-state index in [1.54, 1.807) is 7.11 Å². The number of allylic oxidation sites excluding steroid dienone is 2. The standard InChI is InChI=1S/C9H13BrO2/c1-5-4-7(12-3)9(11)8(10)6(5)2/h4-6,11H,1-3H3. The second-order valence-corrected chi connectivity index (χ2v) is 3.93. The summed E-state index contributed by atoms with van der Waals surface area (Å²) in [6.07, 6.45) is 1.94. The molecule has 0 amide bonds. The molecule has 2 atom stereocenters. The molecule has 12 heavy (non-hydrogen) atoms. The molecule has 0 radical (unpaired) electrons. The Balaban J connectivity index is 3.00. The molecule has 3 heteroatoms. The van der Waals surface area contributed by atoms with Crippen molar-refractivity contribution >= 4 is 15.9 Å². The van der Waals surface area contributed by atoms with Gasteiger partial charge in [0.1, 0.15) is 0 Å². The maximum Gasteiger partial charge on any atom is 0.167 e. The fourth-order valence-electron chi connectivity index (χ4n) is 1.19. The predicted molar refractivity (Wildman–Crippen MR) is 52.0 cm³/mol. The van der Waals surface area contributed by atoms with Crippen LogP contribution in [-0.4, -0.2) is 12.2 Å². The van der Waals surface area contributed by atoms with E-state index < -0.39 is 0 Å². The molecule has 0 aromatic heterocycles. The van der Waals surface area contributed by atoms with Gasteiger partial charge in [-0.25, -0.2) is 0 Å². The zero-order valence-corrected chi connectivity index (χ0v) is 9.05. The molecule has 1 aliphatic carbocycles. The summed E-state index contributed by atoms with van der Waals surface area (Å²) >= 11 is 3.35. The van der Waals surface area contributed by atoms with Crippen LogP contribution in [0.3, 0.4) is 0 Å². The van der Waals surface area contributed by atoms with Crippen molar-refractivity contribution in [3.63, 3.8) is 0 Å². The Morgan fingerprint density at radius 2 is 2.08 bits per heavy atom. The summed E-state index contributed by atoms with van der Waals surface area (Å²) in [6.45, 7) is 4.16. The Morgan fingerprint density at radius 3 is 2.58 bits per heavy atom. The Bertz CT molecular complexity index is 243. The molecule has 0 aromatic rings. The van der Waals surface area contributed by atoms with Crippen molar-refractivity contribution in [1.82, 2.24) is 0 Å². The molecule has 0 heterocycles. The largest absolute Gasteiger partial charge is 0.504 e. The van der Waals surface area contributed by atoms with Gasteiger partial charge in [0.15, 0.2) is 11.5 Å². The molecule has 0 aliphatic heterocycles. The maximum absolute atomic E-state index is 9.57. The highest BCUT2D eigenvalue weighted by Gasteiger charge is 2.25. The van der Waals surface area contributed by atoms with E-state index in [0.29, 0.717) is 17.6 Å². The summed E-state index contributed by atoms with van der Waals surface area (Å²) in [5.74, 6) is 1.50. The van der Waals surface area contributed by atoms with Crippen LogP contribution in [0, 0.1) is 11.8 Å². The molecule has 68 valence electrons. The molecule has 0 saturated carbocycles. The normalized spacial score (nSPS) is 30.2. The summed E-state index contributed by atoms with van der Waals surface area (Å²) in [5.41, 5.74) is 0. The number of aliphatic hydroxyl groups excluding tert-OH is 1. The van der Waals surface area contributed by atoms with E-state index in [2.05, 4.69) is 29.8 Å². The number of ether oxygens (including phenoxy) is 1. The van der Waals surface area contributed by atoms with Gasteiger partial charge in [0.2, 0.25) is 0 Å². The number of halogens is 1. The van der Waals surface area contributed by atoms with Crippen molar-refractivity contribution in [3.05, 3.63) is 22.1 Å². The second-order valence-electron chi connectivity index (χ2n) is 3.08. The van der Waals surface area contributed by atoms with Crippen LogP contribution in [0.2, 0.25) is 0 Å². The first-order chi connectivity index (χ1) is 5.57. The Hall–Kier alpha value is -0.440. The number of hydrogen-bond donors (Lipinski definition) is 1. The maximum atomic E-state index is 9.57. The van der Waals surface area contributed by atoms with Crippen LogP contribution in [0.1, 0.15) is 13.8 Å². The molecule has 1 N–H and O–H groups in total. The van der Waals surface area contributed by atoms with E-state index in [4.69, 9.17) is 4.74 Å². The number of methoxy groups -OCH3 is 1. The van der Waals surface area contributed by atoms with Crippen LogP contribution in [0.4, 0.5) is 0 Å². The van der Waals surface area contributed by atoms with Crippen LogP contribution >= 0.6 is 15.9 Å². The monoisotopic (exact) mass is 232 g/mol. The van der Waals surface area contributed by atoms with E-state index in [-0.39, 0.29) is 5.76 Å². The third kappa shape index (κ3) is 1.51. The van der Waals surface area contributed by atoms with Gasteiger partial charge >= 0.3 is 0 Å². The van der Waals surface area contributed by atoms with Crippen molar-refractivity contribution in [2.24, 2.45) is 11.8 Å². The minimum atomic E-state index is 0.225.